The molecule has 0 fully saturated rings. The Kier molecular flexibility index (Phi) is 26.0. The fraction of sp³-hybridized carbons (Fsp3) is 0.278. The molecule has 0 saturated heterocycles. The van der Waals surface area contributed by atoms with Crippen LogP contribution in [0.1, 0.15) is 273 Å². The zero-order valence-corrected chi connectivity index (χ0v) is 85.1. The molecular formula is C126H132O9. The zero-order valence-electron chi connectivity index (χ0n) is 85.1. The average molecular weight is 1790 g/mol. The van der Waals surface area contributed by atoms with E-state index in [0.717, 1.165) is 186 Å². The fourth-order valence-corrected chi connectivity index (χ4v) is 21.1. The Morgan fingerprint density at radius 1 is 0.267 bits per heavy atom. The van der Waals surface area contributed by atoms with E-state index in [1.807, 2.05) is 61.6 Å². The first-order valence-electron chi connectivity index (χ1n) is 47.2. The van der Waals surface area contributed by atoms with Crippen LogP contribution in [0.15, 0.2) is 179 Å². The van der Waals surface area contributed by atoms with Crippen LogP contribution in [0.5, 0.6) is 46.0 Å². The Morgan fingerprint density at radius 2 is 0.511 bits per heavy atom. The summed E-state index contributed by atoms with van der Waals surface area (Å²) in [5.74, 6) is 7.79. The number of fused-ring (bicyclic) bond motifs is 18. The highest BCUT2D eigenvalue weighted by molar-refractivity contribution is 6.00. The lowest BCUT2D eigenvalue weighted by Crippen LogP contribution is -2.35. The molecule has 13 aromatic rings. The van der Waals surface area contributed by atoms with Crippen LogP contribution < -0.4 is 23.7 Å². The van der Waals surface area contributed by atoms with Gasteiger partial charge >= 0.3 is 5.97 Å². The number of ether oxygens (including phenoxy) is 8. The van der Waals surface area contributed by atoms with Crippen LogP contribution >= 0.6 is 0 Å². The Bertz CT molecular complexity index is 6860. The summed E-state index contributed by atoms with van der Waals surface area (Å²) in [6.07, 6.45) is 8.50. The van der Waals surface area contributed by atoms with Gasteiger partial charge in [-0.2, -0.15) is 0 Å². The van der Waals surface area contributed by atoms with E-state index in [0.29, 0.717) is 30.3 Å². The number of esters is 1. The van der Waals surface area contributed by atoms with Crippen molar-refractivity contribution >= 4 is 41.8 Å². The molecule has 0 N–H and O–H groups in total. The average Bonchev–Trinajstić information content (AvgIpc) is 1.57. The van der Waals surface area contributed by atoms with Crippen molar-refractivity contribution in [1.29, 1.82) is 0 Å². The maximum Gasteiger partial charge on any atom is 0.340 e. The van der Waals surface area contributed by atoms with Gasteiger partial charge in [0.05, 0.1) is 5.56 Å². The third-order valence-corrected chi connectivity index (χ3v) is 31.1. The summed E-state index contributed by atoms with van der Waals surface area (Å²) in [4.78, 5) is 13.6. The molecule has 135 heavy (non-hydrogen) atoms. The third-order valence-electron chi connectivity index (χ3n) is 31.1. The van der Waals surface area contributed by atoms with Gasteiger partial charge in [0.2, 0.25) is 0 Å². The maximum atomic E-state index is 13.6. The second-order valence-electron chi connectivity index (χ2n) is 38.3. The monoisotopic (exact) mass is 1790 g/mol. The van der Waals surface area contributed by atoms with Crippen LogP contribution in [-0.2, 0) is 50.6 Å². The van der Waals surface area contributed by atoms with Gasteiger partial charge in [-0.15, -0.1) is 0 Å². The first-order valence-corrected chi connectivity index (χ1v) is 47.2. The molecule has 0 saturated carbocycles. The summed E-state index contributed by atoms with van der Waals surface area (Å²) in [5.41, 5.74) is 50.2. The van der Waals surface area contributed by atoms with E-state index in [-0.39, 0.29) is 5.97 Å². The second kappa shape index (κ2) is 36.6. The lowest BCUT2D eigenvalue weighted by molar-refractivity contribution is 0.0221. The number of carbonyl (C=O) groups excluding carboxylic acids is 1. The van der Waals surface area contributed by atoms with Crippen LogP contribution in [-0.4, -0.2) is 5.97 Å². The lowest BCUT2D eigenvalue weighted by Gasteiger charge is -2.40. The highest BCUT2D eigenvalue weighted by Gasteiger charge is 2.59. The molecular weight excluding hydrogens is 1660 g/mol. The summed E-state index contributed by atoms with van der Waals surface area (Å²) < 4.78 is 54.3. The maximum absolute atomic E-state index is 13.6. The van der Waals surface area contributed by atoms with Crippen molar-refractivity contribution < 1.29 is 42.7 Å². The van der Waals surface area contributed by atoms with Gasteiger partial charge in [-0.05, 0) is 420 Å². The first-order chi connectivity index (χ1) is 64.1. The second-order valence-corrected chi connectivity index (χ2v) is 38.3. The molecule has 0 radical (unpaired) electrons. The van der Waals surface area contributed by atoms with Gasteiger partial charge in [-0.25, -0.2) is 4.79 Å². The Balaban J connectivity index is 0.000000141. The van der Waals surface area contributed by atoms with Gasteiger partial charge in [-0.3, -0.25) is 0 Å². The molecule has 6 aliphatic heterocycles. The van der Waals surface area contributed by atoms with Crippen LogP contribution in [0.3, 0.4) is 0 Å². The van der Waals surface area contributed by atoms with E-state index in [9.17, 15) is 4.79 Å². The molecule has 3 spiro atoms. The van der Waals surface area contributed by atoms with Crippen molar-refractivity contribution in [2.45, 2.75) is 237 Å². The van der Waals surface area contributed by atoms with Crippen molar-refractivity contribution in [3.8, 4) is 46.0 Å². The molecule has 0 aromatic heterocycles. The van der Waals surface area contributed by atoms with Gasteiger partial charge in [0, 0.05) is 72.3 Å². The number of hydrogen-bond acceptors (Lipinski definition) is 9. The molecule has 690 valence electrons. The van der Waals surface area contributed by atoms with Crippen molar-refractivity contribution in [3.05, 3.63) is 440 Å². The zero-order chi connectivity index (χ0) is 97.9. The number of hydrogen-bond donors (Lipinski definition) is 0. The molecule has 0 aliphatic carbocycles. The first kappa shape index (κ1) is 96.0. The molecule has 0 bridgehead atoms. The quantitative estimate of drug-likeness (QED) is 0.117. The molecule has 9 heteroatoms. The van der Waals surface area contributed by atoms with Crippen LogP contribution in [0.25, 0.3) is 35.8 Å². The van der Waals surface area contributed by atoms with Gasteiger partial charge < -0.3 is 37.9 Å². The summed E-state index contributed by atoms with van der Waals surface area (Å²) in [7, 11) is 0. The van der Waals surface area contributed by atoms with E-state index in [1.54, 1.807) is 0 Å². The predicted molar refractivity (Wildman–Crippen MR) is 560 cm³/mol. The van der Waals surface area contributed by atoms with E-state index >= 15 is 0 Å². The minimum atomic E-state index is -1.02. The van der Waals surface area contributed by atoms with Crippen LogP contribution in [0.4, 0.5) is 0 Å². The van der Waals surface area contributed by atoms with E-state index in [1.165, 1.54) is 122 Å². The normalized spacial score (nSPS) is 15.1. The number of aryl methyl sites for hydroxylation is 7. The van der Waals surface area contributed by atoms with Gasteiger partial charge in [-0.1, -0.05) is 174 Å². The molecule has 2 atom stereocenters. The topological polar surface area (TPSA) is 90.9 Å². The summed E-state index contributed by atoms with van der Waals surface area (Å²) in [6.45, 7) is 87.2. The van der Waals surface area contributed by atoms with Crippen LogP contribution in [0.2, 0.25) is 0 Å². The van der Waals surface area contributed by atoms with Gasteiger partial charge in [0.25, 0.3) is 0 Å². The third kappa shape index (κ3) is 15.5. The van der Waals surface area contributed by atoms with E-state index in [4.69, 9.17) is 37.9 Å². The molecule has 9 nitrogen and oxygen atoms in total. The Morgan fingerprint density at radius 3 is 0.793 bits per heavy atom. The van der Waals surface area contributed by atoms with Gasteiger partial charge in [0.15, 0.2) is 16.8 Å². The summed E-state index contributed by atoms with van der Waals surface area (Å²) in [6, 6.07) is 48.3. The van der Waals surface area contributed by atoms with Crippen molar-refractivity contribution in [3.63, 3.8) is 0 Å². The number of rotatable bonds is 11. The largest absolute Gasteiger partial charge is 0.488 e. The van der Waals surface area contributed by atoms with Crippen molar-refractivity contribution in [2.24, 2.45) is 0 Å². The van der Waals surface area contributed by atoms with Crippen molar-refractivity contribution in [1.82, 2.24) is 0 Å². The lowest BCUT2D eigenvalue weighted by atomic mass is 9.71. The summed E-state index contributed by atoms with van der Waals surface area (Å²) >= 11 is 0. The minimum Gasteiger partial charge on any atom is -0.488 e. The molecule has 0 amide bonds. The van der Waals surface area contributed by atoms with E-state index < -0.39 is 16.8 Å². The highest BCUT2D eigenvalue weighted by atomic mass is 16.6. The molecule has 19 rings (SSSR count). The fourth-order valence-electron chi connectivity index (χ4n) is 21.1. The molecule has 13 aromatic carbocycles. The minimum absolute atomic E-state index is 0.251. The van der Waals surface area contributed by atoms with Crippen molar-refractivity contribution in [2.75, 3.05) is 0 Å². The number of carbonyl (C=O) groups is 1. The highest BCUT2D eigenvalue weighted by Crippen LogP contribution is 2.67. The molecule has 2 unspecified atom stereocenters. The Labute approximate surface area is 803 Å². The SMILES string of the molecule is C=Cc1ccc(CC)cc1.C=Cc1ccc(COc2c(C)cc3c(c2C)Oc2c(cc(C)c(C)c2C)C32OC(=C)c3c(C)c(C)c(C)c(C)c32)cc1.C=Cc1ccc(COc2c(C)cc3c(c2C)Oc2c(cc(C)c(C)c2C)C32OC(=C)c3c(C)c(C)c(C)c(C)c32)cc1.C=Cc1ccccc1.Cc1cc2c(c(C)c1C)Oc1c(cc(C)c(C)c1C)C21OC(=O)c2c(C)c(C)c(C)c(C)c21. The van der Waals surface area contributed by atoms with E-state index in [2.05, 4.69) is 343 Å². The smallest absolute Gasteiger partial charge is 0.340 e. The predicted octanol–water partition coefficient (Wildman–Crippen LogP) is 32.7. The summed E-state index contributed by atoms with van der Waals surface area (Å²) in [5, 5.41) is 0. The van der Waals surface area contributed by atoms with Crippen LogP contribution in [0, 0.1) is 194 Å². The van der Waals surface area contributed by atoms with Gasteiger partial charge in [0.1, 0.15) is 70.7 Å². The molecule has 6 heterocycles. The standard InChI is InChI=1S/2C39H40O3.C30H32O3.C10H12.C8H8/c2*1-12-30-13-15-31(16-14-30)19-40-36-21(3)18-33-38(28(36)10)41-37-27(9)22(4)20(2)17-32(37)39(33)35-26(8)24(6)23(5)25(7)34(35)29(11)42-39;1-13-11-23-27(21(9)15(13)3)32-28-22(10)16(4)14(2)12-24(28)30(23)26-20(8)18(6)17(5)19(7)25(26)29(31)33-30;1-3-9-5-7-10(4-2)8-6-9;1-2-8-6-4-3-5-7-8/h2*12-18H,1,11,19H2,2-10H3;11-12H,1-10H3;3,5-8H,1,4H2,2H3;2-7H,1H2. The number of benzene rings is 13. The Hall–Kier alpha value is -13.6. The molecule has 6 aliphatic rings.